The van der Waals surface area contributed by atoms with Gasteiger partial charge in [-0.1, -0.05) is 17.7 Å². The van der Waals surface area contributed by atoms with E-state index in [1.165, 1.54) is 0 Å². The fourth-order valence-electron chi connectivity index (χ4n) is 3.04. The summed E-state index contributed by atoms with van der Waals surface area (Å²) in [6.07, 6.45) is 0. The molecule has 1 amide bonds. The van der Waals surface area contributed by atoms with Crippen molar-refractivity contribution in [2.45, 2.75) is 6.92 Å². The number of nitrogens with zero attached hydrogens (tertiary/aromatic N) is 2. The van der Waals surface area contributed by atoms with E-state index in [-0.39, 0.29) is 30.7 Å². The number of nitrogens with two attached hydrogens (primary N) is 1. The van der Waals surface area contributed by atoms with Crippen molar-refractivity contribution in [1.29, 1.82) is 0 Å². The van der Waals surface area contributed by atoms with Crippen LogP contribution in [0.25, 0.3) is 0 Å². The Hall–Kier alpha value is -1.66. The van der Waals surface area contributed by atoms with Gasteiger partial charge in [0, 0.05) is 49.0 Å². The van der Waals surface area contributed by atoms with Crippen LogP contribution in [0.1, 0.15) is 15.9 Å². The van der Waals surface area contributed by atoms with E-state index in [4.69, 9.17) is 22.1 Å². The zero-order valence-corrected chi connectivity index (χ0v) is 18.2. The first-order valence-corrected chi connectivity index (χ1v) is 9.17. The van der Waals surface area contributed by atoms with Crippen LogP contribution < -0.4 is 10.5 Å². The van der Waals surface area contributed by atoms with Gasteiger partial charge in [0.2, 0.25) is 0 Å². The average Bonchev–Trinajstić information content (AvgIpc) is 2.65. The lowest BCUT2D eigenvalue weighted by Crippen LogP contribution is -2.49. The van der Waals surface area contributed by atoms with Gasteiger partial charge in [-0.15, -0.1) is 24.8 Å². The van der Waals surface area contributed by atoms with Gasteiger partial charge in [-0.25, -0.2) is 0 Å². The van der Waals surface area contributed by atoms with Crippen molar-refractivity contribution in [2.75, 3.05) is 45.1 Å². The average molecular weight is 447 g/mol. The molecule has 28 heavy (non-hydrogen) atoms. The van der Waals surface area contributed by atoms with E-state index >= 15 is 0 Å². The first kappa shape index (κ1) is 24.4. The third-order valence-corrected chi connectivity index (χ3v) is 4.89. The molecule has 1 saturated heterocycles. The molecule has 2 aromatic carbocycles. The van der Waals surface area contributed by atoms with Crippen LogP contribution in [-0.4, -0.2) is 55.0 Å². The summed E-state index contributed by atoms with van der Waals surface area (Å²) in [5, 5.41) is 0.702. The number of amides is 1. The molecule has 5 nitrogen and oxygen atoms in total. The third kappa shape index (κ3) is 6.45. The molecule has 0 radical (unpaired) electrons. The number of ether oxygens (including phenoxy) is 1. The lowest BCUT2D eigenvalue weighted by Gasteiger charge is -2.35. The molecule has 0 aliphatic carbocycles. The van der Waals surface area contributed by atoms with Crippen molar-refractivity contribution in [2.24, 2.45) is 0 Å². The number of halogens is 3. The van der Waals surface area contributed by atoms with E-state index in [0.717, 1.165) is 30.9 Å². The second-order valence-corrected chi connectivity index (χ2v) is 6.95. The number of carbonyl (C=O) groups excluding carboxylic acids is 1. The molecule has 0 unspecified atom stereocenters. The smallest absolute Gasteiger partial charge is 0.254 e. The number of hydrogen-bond acceptors (Lipinski definition) is 4. The van der Waals surface area contributed by atoms with Gasteiger partial charge in [-0.3, -0.25) is 9.69 Å². The predicted octanol–water partition coefficient (Wildman–Crippen LogP) is 3.91. The monoisotopic (exact) mass is 445 g/mol. The van der Waals surface area contributed by atoms with Crippen LogP contribution in [-0.2, 0) is 0 Å². The minimum absolute atomic E-state index is 0. The molecule has 0 saturated carbocycles. The molecule has 0 spiro atoms. The van der Waals surface area contributed by atoms with Crippen LogP contribution in [0.15, 0.2) is 42.5 Å². The maximum Gasteiger partial charge on any atom is 0.254 e. The summed E-state index contributed by atoms with van der Waals surface area (Å²) < 4.78 is 5.74. The molecule has 1 aliphatic rings. The van der Waals surface area contributed by atoms with Crippen LogP contribution in [0, 0.1) is 6.92 Å². The number of nitrogen functional groups attached to an aromatic ring is 1. The van der Waals surface area contributed by atoms with Gasteiger partial charge >= 0.3 is 0 Å². The Morgan fingerprint density at radius 2 is 1.71 bits per heavy atom. The number of benzene rings is 2. The van der Waals surface area contributed by atoms with Crippen molar-refractivity contribution in [3.63, 3.8) is 0 Å². The summed E-state index contributed by atoms with van der Waals surface area (Å²) >= 11 is 5.87. The minimum Gasteiger partial charge on any atom is -0.492 e. The molecule has 3 rings (SSSR count). The number of anilines is 1. The SMILES string of the molecule is Cc1ccc(N)cc1C(=O)N1CCN(CCOc2ccc(Cl)cc2)CC1.Cl.Cl. The number of piperazine rings is 1. The van der Waals surface area contributed by atoms with Crippen molar-refractivity contribution < 1.29 is 9.53 Å². The van der Waals surface area contributed by atoms with Gasteiger partial charge < -0.3 is 15.4 Å². The van der Waals surface area contributed by atoms with E-state index in [0.29, 0.717) is 36.0 Å². The zero-order valence-electron chi connectivity index (χ0n) is 15.8. The van der Waals surface area contributed by atoms with E-state index in [9.17, 15) is 4.79 Å². The van der Waals surface area contributed by atoms with Crippen molar-refractivity contribution >= 4 is 48.0 Å². The maximum atomic E-state index is 12.7. The molecule has 0 bridgehead atoms. The highest BCUT2D eigenvalue weighted by Crippen LogP contribution is 2.17. The Balaban J connectivity index is 0.00000196. The molecule has 2 aromatic rings. The molecule has 1 heterocycles. The van der Waals surface area contributed by atoms with Gasteiger partial charge in [-0.2, -0.15) is 0 Å². The van der Waals surface area contributed by atoms with Crippen LogP contribution in [0.5, 0.6) is 5.75 Å². The number of rotatable bonds is 5. The third-order valence-electron chi connectivity index (χ3n) is 4.64. The topological polar surface area (TPSA) is 58.8 Å². The fourth-order valence-corrected chi connectivity index (χ4v) is 3.16. The van der Waals surface area contributed by atoms with Crippen molar-refractivity contribution in [1.82, 2.24) is 9.80 Å². The quantitative estimate of drug-likeness (QED) is 0.707. The Morgan fingerprint density at radius 1 is 1.07 bits per heavy atom. The lowest BCUT2D eigenvalue weighted by atomic mass is 10.1. The summed E-state index contributed by atoms with van der Waals surface area (Å²) in [4.78, 5) is 16.9. The van der Waals surface area contributed by atoms with E-state index in [1.54, 1.807) is 6.07 Å². The van der Waals surface area contributed by atoms with Gasteiger partial charge in [0.25, 0.3) is 5.91 Å². The summed E-state index contributed by atoms with van der Waals surface area (Å²) in [7, 11) is 0. The van der Waals surface area contributed by atoms with E-state index < -0.39 is 0 Å². The Kier molecular flexibility index (Phi) is 9.90. The molecule has 8 heteroatoms. The van der Waals surface area contributed by atoms with Crippen molar-refractivity contribution in [3.8, 4) is 5.75 Å². The first-order chi connectivity index (χ1) is 12.5. The van der Waals surface area contributed by atoms with Gasteiger partial charge in [0.1, 0.15) is 12.4 Å². The Morgan fingerprint density at radius 3 is 2.36 bits per heavy atom. The number of hydrogen-bond donors (Lipinski definition) is 1. The summed E-state index contributed by atoms with van der Waals surface area (Å²) in [6, 6.07) is 12.9. The molecule has 2 N–H and O–H groups in total. The number of aryl methyl sites for hydroxylation is 1. The summed E-state index contributed by atoms with van der Waals surface area (Å²) in [5.41, 5.74) is 8.11. The van der Waals surface area contributed by atoms with Crippen molar-refractivity contribution in [3.05, 3.63) is 58.6 Å². The molecular weight excluding hydrogens is 421 g/mol. The van der Waals surface area contributed by atoms with Gasteiger partial charge in [0.15, 0.2) is 0 Å². The standard InChI is InChI=1S/C20H24ClN3O2.2ClH/c1-15-2-5-17(22)14-19(15)20(25)24-10-8-23(9-11-24)12-13-26-18-6-3-16(21)4-7-18;;/h2-7,14H,8-13,22H2,1H3;2*1H. The predicted molar refractivity (Wildman–Crippen MR) is 119 cm³/mol. The molecule has 1 aliphatic heterocycles. The molecular formula is C20H26Cl3N3O2. The second-order valence-electron chi connectivity index (χ2n) is 6.51. The second kappa shape index (κ2) is 11.4. The Bertz CT molecular complexity index is 764. The zero-order chi connectivity index (χ0) is 18.5. The van der Waals surface area contributed by atoms with Crippen LogP contribution in [0.3, 0.4) is 0 Å². The molecule has 0 atom stereocenters. The highest BCUT2D eigenvalue weighted by molar-refractivity contribution is 6.30. The maximum absolute atomic E-state index is 12.7. The minimum atomic E-state index is 0. The molecule has 154 valence electrons. The van der Waals surface area contributed by atoms with Gasteiger partial charge in [0.05, 0.1) is 0 Å². The molecule has 0 aromatic heterocycles. The van der Waals surface area contributed by atoms with E-state index in [2.05, 4.69) is 4.90 Å². The summed E-state index contributed by atoms with van der Waals surface area (Å²) in [6.45, 7) is 6.51. The normalized spacial score (nSPS) is 14.0. The first-order valence-electron chi connectivity index (χ1n) is 8.79. The fraction of sp³-hybridized carbons (Fsp3) is 0.350. The Labute approximate surface area is 183 Å². The van der Waals surface area contributed by atoms with Crippen LogP contribution in [0.2, 0.25) is 5.02 Å². The molecule has 1 fully saturated rings. The van der Waals surface area contributed by atoms with Crippen LogP contribution in [0.4, 0.5) is 5.69 Å². The summed E-state index contributed by atoms with van der Waals surface area (Å²) in [5.74, 6) is 0.882. The highest BCUT2D eigenvalue weighted by Gasteiger charge is 2.23. The lowest BCUT2D eigenvalue weighted by molar-refractivity contribution is 0.0619. The highest BCUT2D eigenvalue weighted by atomic mass is 35.5. The largest absolute Gasteiger partial charge is 0.492 e. The van der Waals surface area contributed by atoms with E-state index in [1.807, 2.05) is 48.2 Å². The van der Waals surface area contributed by atoms with Gasteiger partial charge in [-0.05, 0) is 48.9 Å². The van der Waals surface area contributed by atoms with Crippen LogP contribution >= 0.6 is 36.4 Å². The number of carbonyl (C=O) groups is 1.